The number of ether oxygens (including phenoxy) is 2. The van der Waals surface area contributed by atoms with E-state index in [1.807, 2.05) is 79.4 Å². The molecule has 4 aromatic rings. The van der Waals surface area contributed by atoms with Gasteiger partial charge >= 0.3 is 0 Å². The van der Waals surface area contributed by atoms with Crippen LogP contribution in [0.4, 0.5) is 0 Å². The van der Waals surface area contributed by atoms with E-state index in [1.165, 1.54) is 23.5 Å². The number of carbonyl (C=O) groups is 4. The van der Waals surface area contributed by atoms with Gasteiger partial charge in [0.15, 0.2) is 0 Å². The summed E-state index contributed by atoms with van der Waals surface area (Å²) in [5, 5.41) is 31.9. The lowest BCUT2D eigenvalue weighted by molar-refractivity contribution is -0.144. The first-order valence-corrected chi connectivity index (χ1v) is 24.9. The number of amides is 3. The number of nitrogens with zero attached hydrogens (tertiary/aromatic N) is 10. The largest absolute Gasteiger partial charge is 0.365 e. The van der Waals surface area contributed by atoms with Gasteiger partial charge in [0, 0.05) is 35.2 Å². The molecule has 2 saturated heterocycles. The Balaban J connectivity index is 1.04. The van der Waals surface area contributed by atoms with Crippen LogP contribution in [0.1, 0.15) is 73.1 Å². The third-order valence-corrected chi connectivity index (χ3v) is 14.3. The van der Waals surface area contributed by atoms with Crippen molar-refractivity contribution in [3.05, 3.63) is 60.7 Å². The Morgan fingerprint density at radius 2 is 1.24 bits per heavy atom. The van der Waals surface area contributed by atoms with Crippen molar-refractivity contribution in [1.82, 2.24) is 60.8 Å². The van der Waals surface area contributed by atoms with E-state index in [1.54, 1.807) is 42.1 Å². The molecular formula is C48H62N12O6S2. The smallest absolute Gasteiger partial charge is 0.248 e. The second-order valence-corrected chi connectivity index (χ2v) is 19.1. The molecule has 0 radical (unpaired) electrons. The second-order valence-electron chi connectivity index (χ2n) is 17.0. The highest BCUT2D eigenvalue weighted by atomic mass is 32.2. The molecule has 2 aromatic heterocycles. The van der Waals surface area contributed by atoms with Crippen LogP contribution in [0, 0.1) is 35.5 Å². The molecule has 0 saturated carbocycles. The molecule has 3 amide bonds. The molecule has 2 aromatic carbocycles. The summed E-state index contributed by atoms with van der Waals surface area (Å²) >= 11 is 2.91. The van der Waals surface area contributed by atoms with Crippen LogP contribution in [0.25, 0.3) is 0 Å². The van der Waals surface area contributed by atoms with Gasteiger partial charge < -0.3 is 29.9 Å². The SMILES string of the molecule is CC[C@@H](C)C(=O)NC(C(=O)N1CCCC1Cn1nnnc1Sc1ccccc1)C(C)OCC#CC#CCOC(C)C(CC(=O)[C@H](C)NC)C(=O)N1CCCC1Cn1nnnc1Sc1ccccc1. The van der Waals surface area contributed by atoms with Gasteiger partial charge in [0.1, 0.15) is 25.0 Å². The minimum atomic E-state index is -0.947. The second kappa shape index (κ2) is 26.2. The number of benzene rings is 2. The Hall–Kier alpha value is -5.64. The van der Waals surface area contributed by atoms with Crippen molar-refractivity contribution < 1.29 is 28.7 Å². The quantitative estimate of drug-likeness (QED) is 0.100. The van der Waals surface area contributed by atoms with E-state index < -0.39 is 30.2 Å². The van der Waals surface area contributed by atoms with Crippen LogP contribution in [0.15, 0.2) is 80.8 Å². The van der Waals surface area contributed by atoms with Crippen molar-refractivity contribution in [2.24, 2.45) is 11.8 Å². The number of ketones is 1. The summed E-state index contributed by atoms with van der Waals surface area (Å²) in [6.45, 7) is 10.9. The van der Waals surface area contributed by atoms with Gasteiger partial charge in [-0.3, -0.25) is 19.2 Å². The van der Waals surface area contributed by atoms with E-state index in [2.05, 4.69) is 65.4 Å². The van der Waals surface area contributed by atoms with E-state index in [4.69, 9.17) is 9.47 Å². The zero-order valence-corrected chi connectivity index (χ0v) is 41.2. The molecule has 18 nitrogen and oxygen atoms in total. The molecular weight excluding hydrogens is 905 g/mol. The number of nitrogens with one attached hydrogen (secondary N) is 2. The van der Waals surface area contributed by atoms with E-state index >= 15 is 0 Å². The van der Waals surface area contributed by atoms with Gasteiger partial charge in [0.25, 0.3) is 0 Å². The average molecular weight is 967 g/mol. The summed E-state index contributed by atoms with van der Waals surface area (Å²) in [7, 11) is 1.71. The number of likely N-dealkylation sites (N-methyl/N-ethyl adjacent to an activating group) is 1. The Morgan fingerprint density at radius 1 is 0.735 bits per heavy atom. The Morgan fingerprint density at radius 3 is 1.74 bits per heavy atom. The third-order valence-electron chi connectivity index (χ3n) is 12.4. The number of hydrogen-bond donors (Lipinski definition) is 2. The van der Waals surface area contributed by atoms with Crippen LogP contribution >= 0.6 is 23.5 Å². The zero-order chi connectivity index (χ0) is 48.4. The maximum absolute atomic E-state index is 14.3. The van der Waals surface area contributed by atoms with Crippen LogP contribution in [0.2, 0.25) is 0 Å². The van der Waals surface area contributed by atoms with Gasteiger partial charge in [-0.2, -0.15) is 0 Å². The van der Waals surface area contributed by atoms with E-state index in [0.29, 0.717) is 42.9 Å². The molecule has 20 heteroatoms. The van der Waals surface area contributed by atoms with Gasteiger partial charge in [-0.1, -0.05) is 62.1 Å². The fourth-order valence-electron chi connectivity index (χ4n) is 7.97. The van der Waals surface area contributed by atoms with Crippen molar-refractivity contribution in [2.75, 3.05) is 33.4 Å². The molecule has 2 N–H and O–H groups in total. The number of aromatic nitrogens is 8. The summed E-state index contributed by atoms with van der Waals surface area (Å²) in [5.41, 5.74) is 0. The number of likely N-dealkylation sites (tertiary alicyclic amines) is 2. The highest BCUT2D eigenvalue weighted by Crippen LogP contribution is 2.30. The van der Waals surface area contributed by atoms with Crippen molar-refractivity contribution in [1.29, 1.82) is 0 Å². The Bertz CT molecular complexity index is 2230. The van der Waals surface area contributed by atoms with Gasteiger partial charge in [-0.15, -0.1) is 10.2 Å². The number of Topliss-reactive ketones (excluding diaryl/α,β-unsaturated/α-hetero) is 1. The summed E-state index contributed by atoms with van der Waals surface area (Å²) in [6, 6.07) is 18.0. The molecule has 6 rings (SSSR count). The lowest BCUT2D eigenvalue weighted by atomic mass is 9.92. The number of rotatable bonds is 23. The van der Waals surface area contributed by atoms with Gasteiger partial charge in [0.05, 0.1) is 49.3 Å². The van der Waals surface area contributed by atoms with Crippen molar-refractivity contribution in [3.63, 3.8) is 0 Å². The monoisotopic (exact) mass is 966 g/mol. The molecule has 362 valence electrons. The van der Waals surface area contributed by atoms with E-state index in [0.717, 1.165) is 35.5 Å². The predicted molar refractivity (Wildman–Crippen MR) is 256 cm³/mol. The number of tetrazole rings is 2. The molecule has 2 aliphatic heterocycles. The van der Waals surface area contributed by atoms with E-state index in [-0.39, 0.29) is 61.1 Å². The van der Waals surface area contributed by atoms with E-state index in [9.17, 15) is 19.2 Å². The van der Waals surface area contributed by atoms with Gasteiger partial charge in [-0.05, 0) is 140 Å². The van der Waals surface area contributed by atoms with Crippen LogP contribution < -0.4 is 10.6 Å². The Labute approximate surface area is 407 Å². The normalized spacial score (nSPS) is 18.3. The molecule has 0 bridgehead atoms. The van der Waals surface area contributed by atoms with Crippen LogP contribution in [0.5, 0.6) is 0 Å². The van der Waals surface area contributed by atoms with Crippen LogP contribution in [-0.4, -0.2) is 143 Å². The van der Waals surface area contributed by atoms with Crippen molar-refractivity contribution >= 4 is 47.0 Å². The fraction of sp³-hybridized carbons (Fsp3) is 0.542. The zero-order valence-electron chi connectivity index (χ0n) is 39.6. The van der Waals surface area contributed by atoms with Crippen molar-refractivity contribution in [3.8, 4) is 23.7 Å². The molecule has 4 heterocycles. The molecule has 2 fully saturated rings. The molecule has 2 aliphatic rings. The standard InChI is InChI=1S/C48H62N12O6S2/c1-7-33(2)44(62)50-43(46(64)58-27-19-21-38(58)32-60-48(52-54-56-60)68-40-24-14-11-15-25-40)36(5)66-29-17-9-8-16-28-65-35(4)41(30-42(61)34(3)49-6)45(63)57-26-18-20-37(57)31-59-47(51-53-55-59)67-39-22-12-10-13-23-39/h10-15,22-25,33-38,41,43,49H,7,18-21,26-32H2,1-6H3,(H,50,62)/t33-,34+,35?,36?,37?,38?,41?,43?/m1/s1. The predicted octanol–water partition coefficient (Wildman–Crippen LogP) is 4.18. The van der Waals surface area contributed by atoms with Crippen molar-refractivity contribution in [2.45, 2.75) is 143 Å². The molecule has 0 aliphatic carbocycles. The molecule has 6 unspecified atom stereocenters. The minimum absolute atomic E-state index is 0.00183. The van der Waals surface area contributed by atoms with Crippen LogP contribution in [0.3, 0.4) is 0 Å². The summed E-state index contributed by atoms with van der Waals surface area (Å²) in [4.78, 5) is 60.7. The minimum Gasteiger partial charge on any atom is -0.365 e. The summed E-state index contributed by atoms with van der Waals surface area (Å²) < 4.78 is 15.6. The number of carbonyl (C=O) groups excluding carboxylic acids is 4. The first-order valence-electron chi connectivity index (χ1n) is 23.3. The highest BCUT2D eigenvalue weighted by Gasteiger charge is 2.40. The maximum Gasteiger partial charge on any atom is 0.248 e. The first-order chi connectivity index (χ1) is 33.0. The lowest BCUT2D eigenvalue weighted by Gasteiger charge is -2.32. The fourth-order valence-corrected chi connectivity index (χ4v) is 9.56. The van der Waals surface area contributed by atoms with Gasteiger partial charge in [0.2, 0.25) is 28.0 Å². The molecule has 0 spiro atoms. The van der Waals surface area contributed by atoms with Crippen LogP contribution in [-0.2, 0) is 41.7 Å². The highest BCUT2D eigenvalue weighted by molar-refractivity contribution is 7.99. The molecule has 8 atom stereocenters. The number of hydrogen-bond acceptors (Lipinski definition) is 15. The topological polar surface area (TPSA) is 204 Å². The maximum atomic E-state index is 14.3. The first kappa shape index (κ1) is 51.7. The Kier molecular flexibility index (Phi) is 19.9. The lowest BCUT2D eigenvalue weighted by Crippen LogP contribution is -2.56. The summed E-state index contributed by atoms with van der Waals surface area (Å²) in [6.07, 6.45) is 2.44. The molecule has 68 heavy (non-hydrogen) atoms. The average Bonchev–Trinajstić information content (AvgIpc) is 4.20. The van der Waals surface area contributed by atoms with Gasteiger partial charge in [-0.25, -0.2) is 9.36 Å². The summed E-state index contributed by atoms with van der Waals surface area (Å²) in [5.74, 6) is 9.59. The third kappa shape index (κ3) is 14.4.